The number of rotatable bonds is 2. The van der Waals surface area contributed by atoms with E-state index in [0.29, 0.717) is 5.56 Å². The van der Waals surface area contributed by atoms with Crippen LogP contribution >= 0.6 is 0 Å². The van der Waals surface area contributed by atoms with Crippen LogP contribution in [0.25, 0.3) is 0 Å². The van der Waals surface area contributed by atoms with Gasteiger partial charge in [0.25, 0.3) is 0 Å². The summed E-state index contributed by atoms with van der Waals surface area (Å²) in [6.45, 7) is 0.800. The van der Waals surface area contributed by atoms with Gasteiger partial charge in [0.15, 0.2) is 0 Å². The van der Waals surface area contributed by atoms with Gasteiger partial charge >= 0.3 is 6.36 Å². The Bertz CT molecular complexity index is 400. The molecule has 1 aliphatic rings. The number of benzene rings is 1. The molecule has 94 valence electrons. The van der Waals surface area contributed by atoms with Crippen molar-refractivity contribution in [3.63, 3.8) is 0 Å². The van der Waals surface area contributed by atoms with Crippen LogP contribution in [-0.2, 0) is 0 Å². The van der Waals surface area contributed by atoms with Gasteiger partial charge in [0.05, 0.1) is 0 Å². The first-order chi connectivity index (χ1) is 7.96. The van der Waals surface area contributed by atoms with Gasteiger partial charge < -0.3 is 15.2 Å². The highest BCUT2D eigenvalue weighted by atomic mass is 19.4. The highest BCUT2D eigenvalue weighted by Crippen LogP contribution is 2.34. The number of phenols is 1. The van der Waals surface area contributed by atoms with Crippen LogP contribution in [0.3, 0.4) is 0 Å². The summed E-state index contributed by atoms with van der Waals surface area (Å²) in [6.07, 6.45) is -2.98. The second kappa shape index (κ2) is 4.44. The van der Waals surface area contributed by atoms with E-state index in [1.54, 1.807) is 0 Å². The number of alkyl halides is 3. The van der Waals surface area contributed by atoms with Gasteiger partial charge in [-0.25, -0.2) is 0 Å². The van der Waals surface area contributed by atoms with Crippen LogP contribution in [0.1, 0.15) is 24.4 Å². The van der Waals surface area contributed by atoms with Crippen molar-refractivity contribution in [1.29, 1.82) is 0 Å². The molecule has 1 aliphatic heterocycles. The molecule has 2 rings (SSSR count). The lowest BCUT2D eigenvalue weighted by molar-refractivity contribution is -0.274. The largest absolute Gasteiger partial charge is 0.573 e. The summed E-state index contributed by atoms with van der Waals surface area (Å²) in [5.41, 5.74) is 0.448. The lowest BCUT2D eigenvalue weighted by Gasteiger charge is -2.15. The Labute approximate surface area is 96.2 Å². The van der Waals surface area contributed by atoms with E-state index in [9.17, 15) is 18.3 Å². The van der Waals surface area contributed by atoms with E-state index < -0.39 is 6.36 Å². The van der Waals surface area contributed by atoms with E-state index in [2.05, 4.69) is 10.1 Å². The number of hydrogen-bond acceptors (Lipinski definition) is 3. The molecule has 0 amide bonds. The van der Waals surface area contributed by atoms with Crippen molar-refractivity contribution in [2.45, 2.75) is 25.2 Å². The van der Waals surface area contributed by atoms with Gasteiger partial charge in [-0.05, 0) is 37.6 Å². The molecule has 17 heavy (non-hydrogen) atoms. The molecule has 1 fully saturated rings. The van der Waals surface area contributed by atoms with Gasteiger partial charge in [0, 0.05) is 11.6 Å². The Morgan fingerprint density at radius 2 is 2.12 bits per heavy atom. The molecule has 3 nitrogen and oxygen atoms in total. The van der Waals surface area contributed by atoms with E-state index in [1.165, 1.54) is 12.1 Å². The quantitative estimate of drug-likeness (QED) is 0.844. The summed E-state index contributed by atoms with van der Waals surface area (Å²) in [7, 11) is 0. The van der Waals surface area contributed by atoms with E-state index >= 15 is 0 Å². The summed E-state index contributed by atoms with van der Waals surface area (Å²) < 4.78 is 40.0. The molecule has 1 aromatic carbocycles. The van der Waals surface area contributed by atoms with Crippen LogP contribution in [0.2, 0.25) is 0 Å². The average Bonchev–Trinajstić information content (AvgIpc) is 2.72. The SMILES string of the molecule is Oc1ccc(OC(F)(F)F)cc1[C@H]1CCCN1. The Morgan fingerprint density at radius 3 is 2.71 bits per heavy atom. The molecule has 1 heterocycles. The van der Waals surface area contributed by atoms with Crippen LogP contribution in [0, 0.1) is 0 Å². The number of halogens is 3. The third-order valence-corrected chi connectivity index (χ3v) is 2.67. The summed E-state index contributed by atoms with van der Waals surface area (Å²) >= 11 is 0. The standard InChI is InChI=1S/C11H12F3NO2/c12-11(13,14)17-7-3-4-10(16)8(6-7)9-2-1-5-15-9/h3-4,6,9,15-16H,1-2,5H2/t9-/m1/s1. The van der Waals surface area contributed by atoms with Crippen molar-refractivity contribution in [1.82, 2.24) is 5.32 Å². The monoisotopic (exact) mass is 247 g/mol. The maximum atomic E-state index is 12.1. The Morgan fingerprint density at radius 1 is 1.35 bits per heavy atom. The van der Waals surface area contributed by atoms with Gasteiger partial charge in [0.1, 0.15) is 11.5 Å². The van der Waals surface area contributed by atoms with Crippen molar-refractivity contribution in [2.75, 3.05) is 6.54 Å². The highest BCUT2D eigenvalue weighted by molar-refractivity contribution is 5.41. The topological polar surface area (TPSA) is 41.5 Å². The van der Waals surface area contributed by atoms with Crippen LogP contribution in [0.4, 0.5) is 13.2 Å². The molecule has 0 saturated carbocycles. The first-order valence-corrected chi connectivity index (χ1v) is 5.28. The number of nitrogens with one attached hydrogen (secondary N) is 1. The maximum absolute atomic E-state index is 12.1. The fourth-order valence-corrected chi connectivity index (χ4v) is 1.96. The van der Waals surface area contributed by atoms with Crippen LogP contribution < -0.4 is 10.1 Å². The van der Waals surface area contributed by atoms with Gasteiger partial charge in [-0.2, -0.15) is 0 Å². The summed E-state index contributed by atoms with van der Waals surface area (Å²) in [5, 5.41) is 12.7. The third kappa shape index (κ3) is 3.03. The zero-order valence-corrected chi connectivity index (χ0v) is 8.92. The molecule has 1 atom stereocenters. The number of phenolic OH excluding ortho intramolecular Hbond substituents is 1. The van der Waals surface area contributed by atoms with Crippen LogP contribution in [0.5, 0.6) is 11.5 Å². The predicted molar refractivity (Wildman–Crippen MR) is 54.8 cm³/mol. The predicted octanol–water partition coefficient (Wildman–Crippen LogP) is 2.72. The van der Waals surface area contributed by atoms with E-state index in [0.717, 1.165) is 25.5 Å². The molecule has 0 spiro atoms. The minimum absolute atomic E-state index is 0.0149. The molecule has 0 aromatic heterocycles. The second-order valence-corrected chi connectivity index (χ2v) is 3.92. The van der Waals surface area contributed by atoms with Gasteiger partial charge in [-0.1, -0.05) is 0 Å². The fourth-order valence-electron chi connectivity index (χ4n) is 1.96. The molecule has 1 aromatic rings. The van der Waals surface area contributed by atoms with E-state index in [4.69, 9.17) is 0 Å². The van der Waals surface area contributed by atoms with Crippen molar-refractivity contribution < 1.29 is 23.0 Å². The Balaban J connectivity index is 2.22. The molecule has 0 radical (unpaired) electrons. The Hall–Kier alpha value is -1.43. The van der Waals surface area contributed by atoms with Crippen molar-refractivity contribution in [3.8, 4) is 11.5 Å². The maximum Gasteiger partial charge on any atom is 0.573 e. The zero-order chi connectivity index (χ0) is 12.5. The smallest absolute Gasteiger partial charge is 0.508 e. The summed E-state index contributed by atoms with van der Waals surface area (Å²) in [4.78, 5) is 0. The lowest BCUT2D eigenvalue weighted by atomic mass is 10.0. The minimum atomic E-state index is -4.71. The van der Waals surface area contributed by atoms with Crippen molar-refractivity contribution in [3.05, 3.63) is 23.8 Å². The van der Waals surface area contributed by atoms with Crippen LogP contribution in [0.15, 0.2) is 18.2 Å². The first kappa shape index (κ1) is 12.0. The Kier molecular flexibility index (Phi) is 3.15. The normalized spacial score (nSPS) is 20.5. The minimum Gasteiger partial charge on any atom is -0.508 e. The van der Waals surface area contributed by atoms with Gasteiger partial charge in [-0.3, -0.25) is 0 Å². The van der Waals surface area contributed by atoms with Crippen molar-refractivity contribution >= 4 is 0 Å². The molecule has 0 aliphatic carbocycles. The summed E-state index contributed by atoms with van der Waals surface area (Å²) in [5.74, 6) is -0.321. The number of aromatic hydroxyl groups is 1. The van der Waals surface area contributed by atoms with E-state index in [-0.39, 0.29) is 17.5 Å². The molecule has 6 heteroatoms. The molecule has 0 bridgehead atoms. The number of hydrogen-bond donors (Lipinski definition) is 2. The zero-order valence-electron chi connectivity index (χ0n) is 8.92. The van der Waals surface area contributed by atoms with Gasteiger partial charge in [-0.15, -0.1) is 13.2 Å². The third-order valence-electron chi connectivity index (χ3n) is 2.67. The second-order valence-electron chi connectivity index (χ2n) is 3.92. The molecule has 2 N–H and O–H groups in total. The van der Waals surface area contributed by atoms with Crippen molar-refractivity contribution in [2.24, 2.45) is 0 Å². The lowest BCUT2D eigenvalue weighted by Crippen LogP contribution is -2.18. The van der Waals surface area contributed by atoms with E-state index in [1.807, 2.05) is 0 Å². The fraction of sp³-hybridized carbons (Fsp3) is 0.455. The first-order valence-electron chi connectivity index (χ1n) is 5.28. The molecular weight excluding hydrogens is 235 g/mol. The number of ether oxygens (including phenoxy) is 1. The highest BCUT2D eigenvalue weighted by Gasteiger charge is 2.31. The summed E-state index contributed by atoms with van der Waals surface area (Å²) in [6, 6.07) is 3.44. The molecule has 0 unspecified atom stereocenters. The van der Waals surface area contributed by atoms with Crippen LogP contribution in [-0.4, -0.2) is 18.0 Å². The van der Waals surface area contributed by atoms with Gasteiger partial charge in [0.2, 0.25) is 0 Å². The molecule has 1 saturated heterocycles. The molecular formula is C11H12F3NO2. The average molecular weight is 247 g/mol.